The molecule has 7 heteroatoms. The average Bonchev–Trinajstić information content (AvgIpc) is 2.87. The summed E-state index contributed by atoms with van der Waals surface area (Å²) in [7, 11) is 0. The van der Waals surface area contributed by atoms with Crippen LogP contribution in [0.15, 0.2) is 36.0 Å². The molecule has 0 radical (unpaired) electrons. The van der Waals surface area contributed by atoms with Gasteiger partial charge in [0.1, 0.15) is 11.9 Å². The number of Topliss-reactive ketones (excluding diaryl/α,β-unsaturated/α-hetero) is 1. The Kier molecular flexibility index (Phi) is 10.8. The number of rotatable bonds is 1. The van der Waals surface area contributed by atoms with Crippen molar-refractivity contribution >= 4 is 11.8 Å². The van der Waals surface area contributed by atoms with Crippen LogP contribution in [0.25, 0.3) is 0 Å². The van der Waals surface area contributed by atoms with Crippen molar-refractivity contribution in [1.82, 2.24) is 0 Å². The molecule has 0 aliphatic carbocycles. The molecule has 1 fully saturated rings. The van der Waals surface area contributed by atoms with E-state index in [2.05, 4.69) is 0 Å². The normalized spacial score (nSPS) is 43.1. The van der Waals surface area contributed by atoms with Crippen molar-refractivity contribution < 1.29 is 34.0 Å². The molecule has 3 bridgehead atoms. The van der Waals surface area contributed by atoms with Crippen molar-refractivity contribution in [3.05, 3.63) is 36.0 Å². The zero-order valence-corrected chi connectivity index (χ0v) is 25.0. The third-order valence-electron chi connectivity index (χ3n) is 8.93. The molecule has 0 saturated carbocycles. The number of ketones is 1. The van der Waals surface area contributed by atoms with Gasteiger partial charge in [0, 0.05) is 30.6 Å². The monoisotopic (exact) mass is 546 g/mol. The van der Waals surface area contributed by atoms with Crippen LogP contribution in [-0.4, -0.2) is 58.3 Å². The topological polar surface area (TPSA) is 102 Å². The van der Waals surface area contributed by atoms with Crippen molar-refractivity contribution in [3.63, 3.8) is 0 Å². The summed E-state index contributed by atoms with van der Waals surface area (Å²) in [4.78, 5) is 26.2. The lowest BCUT2D eigenvalue weighted by atomic mass is 9.78. The third-order valence-corrected chi connectivity index (χ3v) is 8.93. The molecule has 3 heterocycles. The number of cyclic esters (lactones) is 1. The zero-order valence-electron chi connectivity index (χ0n) is 25.0. The van der Waals surface area contributed by atoms with Crippen molar-refractivity contribution in [2.45, 2.75) is 117 Å². The Bertz CT molecular complexity index is 952. The van der Waals surface area contributed by atoms with Crippen LogP contribution in [0.3, 0.4) is 0 Å². The van der Waals surface area contributed by atoms with Crippen LogP contribution < -0.4 is 0 Å². The minimum absolute atomic E-state index is 0.000245. The number of hydrogen-bond donors (Lipinski definition) is 2. The molecular weight excluding hydrogens is 496 g/mol. The molecule has 3 rings (SSSR count). The Hall–Kier alpha value is -1.80. The molecule has 220 valence electrons. The lowest BCUT2D eigenvalue weighted by Gasteiger charge is -2.52. The van der Waals surface area contributed by atoms with Gasteiger partial charge in [-0.25, -0.2) is 0 Å². The Morgan fingerprint density at radius 3 is 2.33 bits per heavy atom. The molecule has 0 amide bonds. The minimum Gasteiger partial charge on any atom is -0.461 e. The number of carbonyl (C=O) groups excluding carboxylic acids is 2. The van der Waals surface area contributed by atoms with Gasteiger partial charge >= 0.3 is 5.97 Å². The van der Waals surface area contributed by atoms with E-state index in [1.165, 1.54) is 0 Å². The summed E-state index contributed by atoms with van der Waals surface area (Å²) in [6.45, 7) is 15.4. The van der Waals surface area contributed by atoms with Crippen molar-refractivity contribution in [1.29, 1.82) is 0 Å². The maximum Gasteiger partial charge on any atom is 0.309 e. The van der Waals surface area contributed by atoms with Crippen LogP contribution in [-0.2, 0) is 23.8 Å². The van der Waals surface area contributed by atoms with Crippen molar-refractivity contribution in [3.8, 4) is 0 Å². The van der Waals surface area contributed by atoms with Crippen molar-refractivity contribution in [2.75, 3.05) is 0 Å². The summed E-state index contributed by atoms with van der Waals surface area (Å²) >= 11 is 0. The number of aliphatic hydroxyl groups is 2. The van der Waals surface area contributed by atoms with E-state index in [9.17, 15) is 19.8 Å². The van der Waals surface area contributed by atoms with Crippen LogP contribution in [0.1, 0.15) is 81.1 Å². The van der Waals surface area contributed by atoms with Crippen LogP contribution in [0, 0.1) is 35.5 Å². The van der Waals surface area contributed by atoms with Crippen LogP contribution in [0.4, 0.5) is 0 Å². The lowest BCUT2D eigenvalue weighted by Crippen LogP contribution is -2.60. The second-order valence-corrected chi connectivity index (χ2v) is 12.7. The minimum atomic E-state index is -1.10. The number of aliphatic hydroxyl groups excluding tert-OH is 2. The van der Waals surface area contributed by atoms with Gasteiger partial charge in [0.2, 0.25) is 0 Å². The molecule has 2 N–H and O–H groups in total. The first-order chi connectivity index (χ1) is 18.3. The van der Waals surface area contributed by atoms with E-state index in [-0.39, 0.29) is 66.4 Å². The van der Waals surface area contributed by atoms with Gasteiger partial charge in [-0.05, 0) is 31.8 Å². The molecule has 0 aromatic heterocycles. The van der Waals surface area contributed by atoms with E-state index in [0.29, 0.717) is 12.8 Å². The first-order valence-electron chi connectivity index (χ1n) is 14.7. The quantitative estimate of drug-likeness (QED) is 0.346. The highest BCUT2D eigenvalue weighted by Crippen LogP contribution is 2.44. The van der Waals surface area contributed by atoms with Gasteiger partial charge in [0.15, 0.2) is 5.79 Å². The smallest absolute Gasteiger partial charge is 0.309 e. The van der Waals surface area contributed by atoms with Crippen LogP contribution in [0.2, 0.25) is 0 Å². The summed E-state index contributed by atoms with van der Waals surface area (Å²) in [5, 5.41) is 22.1. The Morgan fingerprint density at radius 1 is 1.00 bits per heavy atom. The summed E-state index contributed by atoms with van der Waals surface area (Å²) < 4.78 is 19.0. The Balaban J connectivity index is 1.93. The van der Waals surface area contributed by atoms with Crippen LogP contribution in [0.5, 0.6) is 0 Å². The third kappa shape index (κ3) is 7.49. The molecule has 1 saturated heterocycles. The molecule has 0 aromatic rings. The summed E-state index contributed by atoms with van der Waals surface area (Å²) in [6.07, 6.45) is 8.52. The number of esters is 1. The van der Waals surface area contributed by atoms with Gasteiger partial charge in [-0.2, -0.15) is 0 Å². The highest BCUT2D eigenvalue weighted by atomic mass is 16.7. The van der Waals surface area contributed by atoms with Gasteiger partial charge in [-0.3, -0.25) is 9.59 Å². The first kappa shape index (κ1) is 31.7. The predicted molar refractivity (Wildman–Crippen MR) is 151 cm³/mol. The SMILES string of the molecule is CC1=CC=CCC2OC3(C=CC(C)C(CC(O)CC(=O)C(C)C(C(C)C)OC(=O)C(C)C1)O3)C(C)C(O)C2C. The highest BCUT2D eigenvalue weighted by molar-refractivity contribution is 5.82. The van der Waals surface area contributed by atoms with E-state index in [0.717, 1.165) is 5.57 Å². The molecule has 3 aliphatic rings. The van der Waals surface area contributed by atoms with Gasteiger partial charge in [-0.1, -0.05) is 78.3 Å². The van der Waals surface area contributed by atoms with Gasteiger partial charge in [0.05, 0.1) is 36.3 Å². The fourth-order valence-corrected chi connectivity index (χ4v) is 6.11. The van der Waals surface area contributed by atoms with Gasteiger partial charge in [0.25, 0.3) is 0 Å². The largest absolute Gasteiger partial charge is 0.461 e. The Morgan fingerprint density at radius 2 is 1.67 bits per heavy atom. The maximum absolute atomic E-state index is 13.2. The average molecular weight is 547 g/mol. The summed E-state index contributed by atoms with van der Waals surface area (Å²) in [6, 6.07) is 0. The van der Waals surface area contributed by atoms with Gasteiger partial charge in [-0.15, -0.1) is 0 Å². The standard InChI is InChI=1S/C32H50O7/c1-18(2)30-22(6)26(34)16-25(33)17-28-20(4)13-14-32(39-28)24(8)29(35)23(7)27(38-32)12-10-9-11-19(3)15-21(5)31(36)37-30/h9-11,13-14,18,20-25,27-30,33,35H,12,15-17H2,1-8H3. The first-order valence-corrected chi connectivity index (χ1v) is 14.7. The lowest BCUT2D eigenvalue weighted by molar-refractivity contribution is -0.332. The zero-order chi connectivity index (χ0) is 29.1. The second kappa shape index (κ2) is 13.2. The molecule has 7 nitrogen and oxygen atoms in total. The van der Waals surface area contributed by atoms with Gasteiger partial charge < -0.3 is 24.4 Å². The van der Waals surface area contributed by atoms with E-state index in [4.69, 9.17) is 14.2 Å². The van der Waals surface area contributed by atoms with E-state index in [1.807, 2.05) is 78.8 Å². The second-order valence-electron chi connectivity index (χ2n) is 12.7. The van der Waals surface area contributed by atoms with E-state index < -0.39 is 30.0 Å². The van der Waals surface area contributed by atoms with E-state index >= 15 is 0 Å². The molecule has 11 atom stereocenters. The number of carbonyl (C=O) groups is 2. The molecular formula is C32H50O7. The number of fused-ring (bicyclic) bond motifs is 2. The predicted octanol–water partition coefficient (Wildman–Crippen LogP) is 5.15. The van der Waals surface area contributed by atoms with E-state index in [1.54, 1.807) is 6.92 Å². The number of hydrogen-bond acceptors (Lipinski definition) is 7. The fourth-order valence-electron chi connectivity index (χ4n) is 6.11. The fraction of sp³-hybridized carbons (Fsp3) is 0.750. The number of ether oxygens (including phenoxy) is 3. The van der Waals surface area contributed by atoms with Crippen LogP contribution >= 0.6 is 0 Å². The molecule has 11 unspecified atom stereocenters. The molecule has 3 aliphatic heterocycles. The van der Waals surface area contributed by atoms with Crippen molar-refractivity contribution in [2.24, 2.45) is 35.5 Å². The molecule has 1 spiro atoms. The highest BCUT2D eigenvalue weighted by Gasteiger charge is 2.52. The Labute approximate surface area is 234 Å². The maximum atomic E-state index is 13.2. The summed E-state index contributed by atoms with van der Waals surface area (Å²) in [5.74, 6) is -2.90. The number of allylic oxidation sites excluding steroid dienone is 3. The summed E-state index contributed by atoms with van der Waals surface area (Å²) in [5.41, 5.74) is 1.04. The molecule has 39 heavy (non-hydrogen) atoms. The molecule has 0 aromatic carbocycles.